The van der Waals surface area contributed by atoms with Gasteiger partial charge >= 0.3 is 0 Å². The van der Waals surface area contributed by atoms with Crippen LogP contribution in [0.5, 0.6) is 0 Å². The summed E-state index contributed by atoms with van der Waals surface area (Å²) < 4.78 is 4.97. The van der Waals surface area contributed by atoms with Crippen LogP contribution >= 0.6 is 23.2 Å². The Labute approximate surface area is 111 Å². The van der Waals surface area contributed by atoms with Crippen molar-refractivity contribution in [1.29, 1.82) is 0 Å². The lowest BCUT2D eigenvalue weighted by Gasteiger charge is -2.21. The number of carbonyl (C=O) groups is 1. The lowest BCUT2D eigenvalue weighted by molar-refractivity contribution is 0.0708. The highest BCUT2D eigenvalue weighted by Crippen LogP contribution is 2.11. The molecule has 0 radical (unpaired) electrons. The van der Waals surface area contributed by atoms with Gasteiger partial charge in [0.25, 0.3) is 5.91 Å². The number of benzene rings is 1. The van der Waals surface area contributed by atoms with E-state index in [9.17, 15) is 4.79 Å². The van der Waals surface area contributed by atoms with Crippen LogP contribution in [0, 0.1) is 0 Å². The molecule has 0 aliphatic heterocycles. The van der Waals surface area contributed by atoms with Gasteiger partial charge in [-0.1, -0.05) is 11.6 Å². The molecule has 0 aliphatic rings. The topological polar surface area (TPSA) is 29.5 Å². The molecule has 1 aromatic rings. The van der Waals surface area contributed by atoms with E-state index in [0.717, 1.165) is 0 Å². The zero-order valence-corrected chi connectivity index (χ0v) is 11.2. The van der Waals surface area contributed by atoms with Gasteiger partial charge in [0.05, 0.1) is 6.61 Å². The second-order valence-electron chi connectivity index (χ2n) is 3.48. The largest absolute Gasteiger partial charge is 0.383 e. The number of nitrogens with zero attached hydrogens (tertiary/aromatic N) is 1. The van der Waals surface area contributed by atoms with Crippen molar-refractivity contribution in [1.82, 2.24) is 4.90 Å². The molecule has 0 atom stereocenters. The van der Waals surface area contributed by atoms with E-state index in [-0.39, 0.29) is 5.91 Å². The summed E-state index contributed by atoms with van der Waals surface area (Å²) in [6.07, 6.45) is 0. The van der Waals surface area contributed by atoms with Crippen LogP contribution in [-0.4, -0.2) is 43.5 Å². The minimum Gasteiger partial charge on any atom is -0.383 e. The normalized spacial score (nSPS) is 10.3. The summed E-state index contributed by atoms with van der Waals surface area (Å²) in [5.74, 6) is 0.350. The molecule has 3 nitrogen and oxygen atoms in total. The Hall–Kier alpha value is -0.770. The summed E-state index contributed by atoms with van der Waals surface area (Å²) in [7, 11) is 1.60. The number of halogens is 2. The molecule has 0 unspecified atom stereocenters. The molecule has 0 heterocycles. The van der Waals surface area contributed by atoms with Gasteiger partial charge in [0, 0.05) is 36.7 Å². The lowest BCUT2D eigenvalue weighted by Crippen LogP contribution is -2.35. The summed E-state index contributed by atoms with van der Waals surface area (Å²) >= 11 is 11.5. The molecule has 0 N–H and O–H groups in total. The molecule has 0 bridgehead atoms. The van der Waals surface area contributed by atoms with Gasteiger partial charge in [-0.05, 0) is 24.3 Å². The highest BCUT2D eigenvalue weighted by molar-refractivity contribution is 6.30. The Morgan fingerprint density at radius 2 is 1.94 bits per heavy atom. The third-order valence-electron chi connectivity index (χ3n) is 2.30. The van der Waals surface area contributed by atoms with Gasteiger partial charge in [-0.2, -0.15) is 0 Å². The fourth-order valence-corrected chi connectivity index (χ4v) is 1.72. The van der Waals surface area contributed by atoms with Crippen molar-refractivity contribution in [2.75, 3.05) is 32.7 Å². The zero-order valence-electron chi connectivity index (χ0n) is 9.66. The number of hydrogen-bond donors (Lipinski definition) is 0. The Kier molecular flexibility index (Phi) is 6.34. The van der Waals surface area contributed by atoms with Crippen LogP contribution in [0.25, 0.3) is 0 Å². The fourth-order valence-electron chi connectivity index (χ4n) is 1.39. The maximum atomic E-state index is 12.1. The molecule has 0 fully saturated rings. The first-order valence-electron chi connectivity index (χ1n) is 5.28. The van der Waals surface area contributed by atoms with Crippen LogP contribution < -0.4 is 0 Å². The standard InChI is InChI=1S/C12H15Cl2NO2/c1-17-9-8-15(7-6-13)12(16)10-2-4-11(14)5-3-10/h2-5H,6-9H2,1H3. The van der Waals surface area contributed by atoms with Crippen molar-refractivity contribution in [3.05, 3.63) is 34.9 Å². The van der Waals surface area contributed by atoms with Crippen LogP contribution in [0.1, 0.15) is 10.4 Å². The molecule has 17 heavy (non-hydrogen) atoms. The van der Waals surface area contributed by atoms with E-state index >= 15 is 0 Å². The van der Waals surface area contributed by atoms with Crippen molar-refractivity contribution in [3.8, 4) is 0 Å². The van der Waals surface area contributed by atoms with E-state index in [2.05, 4.69) is 0 Å². The van der Waals surface area contributed by atoms with Crippen LogP contribution in [-0.2, 0) is 4.74 Å². The van der Waals surface area contributed by atoms with Gasteiger partial charge in [-0.3, -0.25) is 4.79 Å². The quantitative estimate of drug-likeness (QED) is 0.747. The van der Waals surface area contributed by atoms with E-state index in [4.69, 9.17) is 27.9 Å². The molecule has 94 valence electrons. The number of rotatable bonds is 6. The average molecular weight is 276 g/mol. The van der Waals surface area contributed by atoms with Crippen LogP contribution in [0.2, 0.25) is 5.02 Å². The summed E-state index contributed by atoms with van der Waals surface area (Å²) in [5.41, 5.74) is 0.607. The van der Waals surface area contributed by atoms with E-state index < -0.39 is 0 Å². The fraction of sp³-hybridized carbons (Fsp3) is 0.417. The molecule has 0 spiro atoms. The second-order valence-corrected chi connectivity index (χ2v) is 4.30. The third-order valence-corrected chi connectivity index (χ3v) is 2.72. The van der Waals surface area contributed by atoms with Gasteiger partial charge in [0.15, 0.2) is 0 Å². The third kappa shape index (κ3) is 4.54. The monoisotopic (exact) mass is 275 g/mol. The van der Waals surface area contributed by atoms with Crippen LogP contribution in [0.4, 0.5) is 0 Å². The summed E-state index contributed by atoms with van der Waals surface area (Å²) in [5, 5.41) is 0.613. The van der Waals surface area contributed by atoms with Gasteiger partial charge < -0.3 is 9.64 Å². The SMILES string of the molecule is COCCN(CCCl)C(=O)c1ccc(Cl)cc1. The smallest absolute Gasteiger partial charge is 0.253 e. The highest BCUT2D eigenvalue weighted by atomic mass is 35.5. The molecule has 0 aliphatic carbocycles. The first kappa shape index (κ1) is 14.3. The molecular weight excluding hydrogens is 261 g/mol. The van der Waals surface area contributed by atoms with Gasteiger partial charge in [-0.15, -0.1) is 11.6 Å². The van der Waals surface area contributed by atoms with Crippen molar-refractivity contribution in [3.63, 3.8) is 0 Å². The van der Waals surface area contributed by atoms with E-state index in [1.807, 2.05) is 0 Å². The van der Waals surface area contributed by atoms with E-state index in [1.54, 1.807) is 36.3 Å². The number of carbonyl (C=O) groups excluding carboxylic acids is 1. The Balaban J connectivity index is 2.72. The van der Waals surface area contributed by atoms with Crippen molar-refractivity contribution >= 4 is 29.1 Å². The van der Waals surface area contributed by atoms with Crippen molar-refractivity contribution < 1.29 is 9.53 Å². The number of amides is 1. The number of ether oxygens (including phenoxy) is 1. The minimum absolute atomic E-state index is 0.0561. The predicted octanol–water partition coefficient (Wildman–Crippen LogP) is 2.67. The molecular formula is C12H15Cl2NO2. The molecule has 1 amide bonds. The molecule has 5 heteroatoms. The highest BCUT2D eigenvalue weighted by Gasteiger charge is 2.14. The molecule has 0 saturated carbocycles. The number of methoxy groups -OCH3 is 1. The van der Waals surface area contributed by atoms with Crippen molar-refractivity contribution in [2.24, 2.45) is 0 Å². The van der Waals surface area contributed by atoms with Crippen LogP contribution in [0.3, 0.4) is 0 Å². The molecule has 1 aromatic carbocycles. The Bertz CT molecular complexity index is 354. The van der Waals surface area contributed by atoms with E-state index in [0.29, 0.717) is 36.2 Å². The van der Waals surface area contributed by atoms with E-state index in [1.165, 1.54) is 0 Å². The molecule has 0 aromatic heterocycles. The second kappa shape index (κ2) is 7.54. The maximum Gasteiger partial charge on any atom is 0.253 e. The van der Waals surface area contributed by atoms with Gasteiger partial charge in [-0.25, -0.2) is 0 Å². The molecule has 1 rings (SSSR count). The Morgan fingerprint density at radius 3 is 2.47 bits per heavy atom. The zero-order chi connectivity index (χ0) is 12.7. The average Bonchev–Trinajstić information content (AvgIpc) is 2.34. The number of hydrogen-bond acceptors (Lipinski definition) is 2. The number of alkyl halides is 1. The summed E-state index contributed by atoms with van der Waals surface area (Å²) in [6, 6.07) is 6.81. The predicted molar refractivity (Wildman–Crippen MR) is 70.0 cm³/mol. The lowest BCUT2D eigenvalue weighted by atomic mass is 10.2. The van der Waals surface area contributed by atoms with Crippen molar-refractivity contribution in [2.45, 2.75) is 0 Å². The van der Waals surface area contributed by atoms with Gasteiger partial charge in [0.1, 0.15) is 0 Å². The molecule has 0 saturated heterocycles. The minimum atomic E-state index is -0.0561. The van der Waals surface area contributed by atoms with Crippen LogP contribution in [0.15, 0.2) is 24.3 Å². The summed E-state index contributed by atoms with van der Waals surface area (Å²) in [4.78, 5) is 13.8. The first-order valence-corrected chi connectivity index (χ1v) is 6.20. The maximum absolute atomic E-state index is 12.1. The van der Waals surface area contributed by atoms with Gasteiger partial charge in [0.2, 0.25) is 0 Å². The Morgan fingerprint density at radius 1 is 1.29 bits per heavy atom. The summed E-state index contributed by atoms with van der Waals surface area (Å²) in [6.45, 7) is 1.53. The first-order chi connectivity index (χ1) is 8.19.